The second-order valence-electron chi connectivity index (χ2n) is 18.9. The Morgan fingerprint density at radius 3 is 2.23 bits per heavy atom. The zero-order valence-electron chi connectivity index (χ0n) is 40.9. The van der Waals surface area contributed by atoms with Gasteiger partial charge in [-0.15, -0.1) is 11.6 Å². The van der Waals surface area contributed by atoms with Crippen LogP contribution in [0.25, 0.3) is 21.7 Å². The normalized spacial score (nSPS) is 22.0. The lowest BCUT2D eigenvalue weighted by molar-refractivity contribution is -0.270. The number of halogens is 1. The summed E-state index contributed by atoms with van der Waals surface area (Å²) in [7, 11) is 0. The third kappa shape index (κ3) is 11.6. The van der Waals surface area contributed by atoms with Gasteiger partial charge in [0, 0.05) is 76.6 Å². The number of hydrogen-bond donors (Lipinski definition) is 12. The number of nitrogens with one attached hydrogen (secondary N) is 6. The highest BCUT2D eigenvalue weighted by molar-refractivity contribution is 6.20. The van der Waals surface area contributed by atoms with Crippen LogP contribution in [-0.2, 0) is 19.1 Å². The van der Waals surface area contributed by atoms with Gasteiger partial charge in [-0.3, -0.25) is 19.2 Å². The van der Waals surface area contributed by atoms with Gasteiger partial charge >= 0.3 is 12.0 Å². The first-order chi connectivity index (χ1) is 36.0. The summed E-state index contributed by atoms with van der Waals surface area (Å²) in [4.78, 5) is 83.6. The first-order valence-electron chi connectivity index (χ1n) is 24.5. The molecule has 0 radical (unpaired) electrons. The third-order valence-corrected chi connectivity index (χ3v) is 13.9. The van der Waals surface area contributed by atoms with Gasteiger partial charge in [-0.1, -0.05) is 62.4 Å². The average Bonchev–Trinajstić information content (AvgIpc) is 4.15. The van der Waals surface area contributed by atoms with E-state index in [1.807, 2.05) is 50.3 Å². The number of carboxylic acids is 1. The molecule has 1 aromatic heterocycles. The number of aromatic nitrogens is 1. The number of alkyl halides is 1. The molecule has 8 rings (SSSR count). The topological polar surface area (TPSA) is 333 Å². The maximum absolute atomic E-state index is 15.1. The number of nitrogens with two attached hydrogens (primary N) is 2. The molecule has 6 amide bonds. The van der Waals surface area contributed by atoms with E-state index in [2.05, 4.69) is 31.6 Å². The van der Waals surface area contributed by atoms with Crippen molar-refractivity contribution in [3.63, 3.8) is 0 Å². The zero-order chi connectivity index (χ0) is 53.7. The largest absolute Gasteiger partial charge is 0.479 e. The second-order valence-corrected chi connectivity index (χ2v) is 19.3. The number of urea groups is 1. The van der Waals surface area contributed by atoms with Crippen LogP contribution in [-0.4, -0.2) is 135 Å². The lowest BCUT2D eigenvalue weighted by Crippen LogP contribution is -2.61. The van der Waals surface area contributed by atoms with E-state index in [9.17, 15) is 44.4 Å². The molecule has 9 atom stereocenters. The van der Waals surface area contributed by atoms with Crippen molar-refractivity contribution < 1.29 is 58.7 Å². The number of hydrogen-bond acceptors (Lipinski definition) is 13. The molecule has 75 heavy (non-hydrogen) atoms. The van der Waals surface area contributed by atoms with Gasteiger partial charge in [0.05, 0.1) is 17.8 Å². The van der Waals surface area contributed by atoms with Crippen molar-refractivity contribution in [2.45, 2.75) is 81.4 Å². The van der Waals surface area contributed by atoms with Gasteiger partial charge in [0.1, 0.15) is 35.8 Å². The molecule has 0 saturated carbocycles. The summed E-state index contributed by atoms with van der Waals surface area (Å²) in [5, 5.41) is 57.5. The van der Waals surface area contributed by atoms with E-state index in [4.69, 9.17) is 32.5 Å². The summed E-state index contributed by atoms with van der Waals surface area (Å²) in [6, 6.07) is 18.9. The molecule has 5 aromatic rings. The van der Waals surface area contributed by atoms with E-state index >= 15 is 4.79 Å². The molecule has 396 valence electrons. The minimum absolute atomic E-state index is 0.103. The predicted molar refractivity (Wildman–Crippen MR) is 280 cm³/mol. The van der Waals surface area contributed by atoms with Crippen LogP contribution >= 0.6 is 11.6 Å². The van der Waals surface area contributed by atoms with E-state index in [0.29, 0.717) is 58.2 Å². The van der Waals surface area contributed by atoms with Crippen LogP contribution in [0.1, 0.15) is 59.0 Å². The molecule has 0 spiro atoms. The number of aliphatic hydroxyl groups excluding tert-OH is 3. The highest BCUT2D eigenvalue weighted by Crippen LogP contribution is 2.52. The Labute approximate surface area is 435 Å². The number of ether oxygens (including phenoxy) is 2. The maximum atomic E-state index is 15.1. The van der Waals surface area contributed by atoms with Crippen molar-refractivity contribution in [2.24, 2.45) is 23.3 Å². The molecule has 2 aliphatic heterocycles. The van der Waals surface area contributed by atoms with E-state index in [1.165, 1.54) is 12.1 Å². The number of carbonyl (C=O) groups is 6. The predicted octanol–water partition coefficient (Wildman–Crippen LogP) is 3.38. The molecular formula is C53H60ClN9O12. The second kappa shape index (κ2) is 23.4. The van der Waals surface area contributed by atoms with Crippen LogP contribution < -0.4 is 47.7 Å². The number of carbonyl (C=O) groups excluding carboxylic acids is 5. The molecule has 14 N–H and O–H groups in total. The Kier molecular flexibility index (Phi) is 16.9. The fourth-order valence-corrected chi connectivity index (χ4v) is 10.2. The van der Waals surface area contributed by atoms with Crippen molar-refractivity contribution in [1.29, 1.82) is 0 Å². The summed E-state index contributed by atoms with van der Waals surface area (Å²) >= 11 is 6.83. The number of rotatable bonds is 20. The van der Waals surface area contributed by atoms with Gasteiger partial charge in [-0.2, -0.15) is 0 Å². The fraction of sp³-hybridized carbons (Fsp3) is 0.358. The zero-order valence-corrected chi connectivity index (χ0v) is 41.7. The Morgan fingerprint density at radius 2 is 1.56 bits per heavy atom. The number of carboxylic acid groups (broad SMARTS) is 1. The number of aromatic amines is 1. The first kappa shape index (κ1) is 53.9. The lowest BCUT2D eigenvalue weighted by atomic mass is 9.86. The standard InChI is InChI=1S/C53H60ClN9O12/c1-26(2)41(57-21-19-55)49(69)62-36(12-7-20-58-53(56)73)48(68)59-30-15-13-28(14-16-30)47(67)60-31-17-18-35-29(22-31)23-37(61-35)50(70)63-38-24-39(74-52-45(66)43(64)44(65)46(75-52)51(71)72)32-10-5-6-11-33(32)40(38)34(25-54)42(63)27-8-3-4-9-27/h3-6,8-11,13-18,22-24,26-27,34,36,41-46,52,57,61,64-66H,7,12,19-21,25,55H2,1-2H3,(H,59,68)(H,60,67)(H,62,69)(H,71,72)(H3,56,58,73)/t34?,36-,41-,42?,43?,44-,45+,46?,52-/m0/s1. The highest BCUT2D eigenvalue weighted by Gasteiger charge is 2.50. The van der Waals surface area contributed by atoms with E-state index < -0.39 is 84.5 Å². The van der Waals surface area contributed by atoms with Crippen molar-refractivity contribution in [3.8, 4) is 5.75 Å². The smallest absolute Gasteiger partial charge is 0.335 e. The van der Waals surface area contributed by atoms with Crippen LogP contribution in [0.15, 0.2) is 103 Å². The quantitative estimate of drug-likeness (QED) is 0.0393. The van der Waals surface area contributed by atoms with Crippen molar-refractivity contribution in [1.82, 2.24) is 20.9 Å². The summed E-state index contributed by atoms with van der Waals surface area (Å²) in [5.74, 6) is -3.89. The van der Waals surface area contributed by atoms with Gasteiger partial charge < -0.3 is 77.8 Å². The monoisotopic (exact) mass is 1050 g/mol. The minimum atomic E-state index is -1.93. The molecule has 4 aromatic carbocycles. The molecule has 22 heteroatoms. The van der Waals surface area contributed by atoms with Crippen LogP contribution in [0.4, 0.5) is 21.9 Å². The Morgan fingerprint density at radius 1 is 0.853 bits per heavy atom. The summed E-state index contributed by atoms with van der Waals surface area (Å²) in [6.07, 6.45) is -1.05. The van der Waals surface area contributed by atoms with Gasteiger partial charge in [-0.05, 0) is 78.2 Å². The molecule has 4 unspecified atom stereocenters. The van der Waals surface area contributed by atoms with Crippen LogP contribution in [0.5, 0.6) is 5.75 Å². The molecule has 3 heterocycles. The lowest BCUT2D eigenvalue weighted by Gasteiger charge is -2.38. The van der Waals surface area contributed by atoms with Crippen molar-refractivity contribution in [2.75, 3.05) is 41.0 Å². The molecule has 1 fully saturated rings. The van der Waals surface area contributed by atoms with Crippen molar-refractivity contribution in [3.05, 3.63) is 120 Å². The van der Waals surface area contributed by atoms with E-state index in [0.717, 1.165) is 5.56 Å². The molecule has 21 nitrogen and oxygen atoms in total. The van der Waals surface area contributed by atoms with E-state index in [1.54, 1.807) is 59.5 Å². The summed E-state index contributed by atoms with van der Waals surface area (Å²) in [6.45, 7) is 4.65. The van der Waals surface area contributed by atoms with Crippen LogP contribution in [0.2, 0.25) is 0 Å². The fourth-order valence-electron chi connectivity index (χ4n) is 9.86. The van der Waals surface area contributed by atoms with E-state index in [-0.39, 0.29) is 53.6 Å². The Balaban J connectivity index is 1.01. The molecule has 1 aliphatic carbocycles. The molecule has 1 saturated heterocycles. The molecular weight excluding hydrogens is 990 g/mol. The van der Waals surface area contributed by atoms with Gasteiger partial charge in [0.2, 0.25) is 18.1 Å². The number of anilines is 3. The number of aliphatic carboxylic acids is 1. The Hall–Kier alpha value is -7.37. The number of fused-ring (bicyclic) bond motifs is 4. The number of benzene rings is 4. The number of amides is 6. The highest BCUT2D eigenvalue weighted by atomic mass is 35.5. The average molecular weight is 1050 g/mol. The summed E-state index contributed by atoms with van der Waals surface area (Å²) in [5.41, 5.74) is 13.9. The van der Waals surface area contributed by atoms with Crippen molar-refractivity contribution >= 4 is 86.0 Å². The van der Waals surface area contributed by atoms with Gasteiger partial charge in [-0.25, -0.2) is 9.59 Å². The Bertz CT molecular complexity index is 3010. The number of nitrogens with zero attached hydrogens (tertiary/aromatic N) is 1. The van der Waals surface area contributed by atoms with Crippen LogP contribution in [0.3, 0.4) is 0 Å². The number of primary amides is 1. The SMILES string of the molecule is CC(C)[C@H](NCCN)C(=O)N[C@@H](CCCNC(N)=O)C(=O)Nc1ccc(C(=O)Nc2ccc3[nH]c(C(=O)N4c5cc(O[C@H]6OC(C(=O)O)[C@@H](O)C(O)[C@H]6O)c6ccccc6c5C(CCl)C4C4C=CC=C4)cc3c2)cc1. The minimum Gasteiger partial charge on any atom is -0.479 e. The first-order valence-corrected chi connectivity index (χ1v) is 25.0. The number of allylic oxidation sites excluding steroid dienone is 2. The molecule has 0 bridgehead atoms. The summed E-state index contributed by atoms with van der Waals surface area (Å²) < 4.78 is 11.7. The van der Waals surface area contributed by atoms with Crippen LogP contribution in [0, 0.1) is 11.8 Å². The third-order valence-electron chi connectivity index (χ3n) is 13.6. The van der Waals surface area contributed by atoms with Gasteiger partial charge in [0.15, 0.2) is 6.10 Å². The molecule has 3 aliphatic rings. The number of H-pyrrole nitrogens is 1. The van der Waals surface area contributed by atoms with Gasteiger partial charge in [0.25, 0.3) is 11.8 Å². The maximum Gasteiger partial charge on any atom is 0.335 e. The number of aliphatic hydroxyl groups is 3.